The molecule has 1 unspecified atom stereocenters. The zero-order valence-corrected chi connectivity index (χ0v) is 12.8. The molecule has 0 spiro atoms. The Morgan fingerprint density at radius 1 is 1.48 bits per heavy atom. The summed E-state index contributed by atoms with van der Waals surface area (Å²) < 4.78 is 24.2. The summed E-state index contributed by atoms with van der Waals surface area (Å²) in [6, 6.07) is 2.91. The largest absolute Gasteiger partial charge is 0.347 e. The first-order valence-corrected chi connectivity index (χ1v) is 7.80. The third-order valence-corrected chi connectivity index (χ3v) is 4.81. The first-order valence-electron chi connectivity index (χ1n) is 6.25. The second-order valence-electron chi connectivity index (χ2n) is 4.68. The van der Waals surface area contributed by atoms with E-state index in [2.05, 4.69) is 4.89 Å². The number of benzene rings is 1. The second-order valence-corrected chi connectivity index (χ2v) is 6.45. The lowest BCUT2D eigenvalue weighted by atomic mass is 9.96. The van der Waals surface area contributed by atoms with E-state index < -0.39 is 25.3 Å². The zero-order chi connectivity index (χ0) is 16.2. The molecule has 0 aliphatic carbocycles. The van der Waals surface area contributed by atoms with Crippen molar-refractivity contribution in [3.05, 3.63) is 45.0 Å². The van der Waals surface area contributed by atoms with Gasteiger partial charge in [0.05, 0.1) is 10.3 Å². The summed E-state index contributed by atoms with van der Waals surface area (Å²) in [5.41, 5.74) is 0.512. The number of nitrogens with zero attached hydrogens (tertiary/aromatic N) is 1. The lowest BCUT2D eigenvalue weighted by molar-refractivity contribution is -0.388. The van der Waals surface area contributed by atoms with Gasteiger partial charge in [0.15, 0.2) is 4.90 Å². The molecule has 1 aromatic rings. The van der Waals surface area contributed by atoms with E-state index in [0.717, 1.165) is 6.42 Å². The normalized spacial score (nSPS) is 13.3. The Bertz CT molecular complexity index is 665. The molecule has 1 atom stereocenters. The summed E-state index contributed by atoms with van der Waals surface area (Å²) in [7, 11) is -4.09. The van der Waals surface area contributed by atoms with E-state index in [1.807, 2.05) is 13.8 Å². The van der Waals surface area contributed by atoms with Crippen LogP contribution in [0.15, 0.2) is 28.7 Å². The van der Waals surface area contributed by atoms with Gasteiger partial charge in [0.1, 0.15) is 6.26 Å². The summed E-state index contributed by atoms with van der Waals surface area (Å²) in [6.07, 6.45) is 1.32. The van der Waals surface area contributed by atoms with Crippen LogP contribution in [-0.4, -0.2) is 18.6 Å². The van der Waals surface area contributed by atoms with Gasteiger partial charge in [-0.3, -0.25) is 10.1 Å². The fourth-order valence-corrected chi connectivity index (χ4v) is 3.24. The van der Waals surface area contributed by atoms with Crippen LogP contribution in [0.5, 0.6) is 0 Å². The van der Waals surface area contributed by atoms with Gasteiger partial charge >= 0.3 is 0 Å². The Morgan fingerprint density at radius 3 is 2.57 bits per heavy atom. The van der Waals surface area contributed by atoms with Gasteiger partial charge in [-0.05, 0) is 30.4 Å². The Kier molecular flexibility index (Phi) is 5.45. The molecule has 0 aromatic heterocycles. The first-order chi connectivity index (χ1) is 9.74. The van der Waals surface area contributed by atoms with E-state index >= 15 is 0 Å². The quantitative estimate of drug-likeness (QED) is 0.374. The summed E-state index contributed by atoms with van der Waals surface area (Å²) in [4.78, 5) is 13.7. The molecule has 0 fully saturated rings. The lowest BCUT2D eigenvalue weighted by Crippen LogP contribution is -2.07. The standard InChI is InChI=1S/C13H17NO6S/c1-4-9(2)11-7-10(3)13(12(8-11)14(15)16)21(18,19)6-5-20-17/h5-9,17H,4H2,1-3H3/b6-5+. The average molecular weight is 315 g/mol. The van der Waals surface area contributed by atoms with E-state index in [1.165, 1.54) is 13.0 Å². The summed E-state index contributed by atoms with van der Waals surface area (Å²) in [5.74, 6) is 0.0791. The van der Waals surface area contributed by atoms with Crippen molar-refractivity contribution in [2.45, 2.75) is 38.0 Å². The number of rotatable bonds is 6. The summed E-state index contributed by atoms with van der Waals surface area (Å²) >= 11 is 0. The Morgan fingerprint density at radius 2 is 2.10 bits per heavy atom. The zero-order valence-electron chi connectivity index (χ0n) is 11.9. The smallest absolute Gasteiger partial charge is 0.288 e. The highest BCUT2D eigenvalue weighted by atomic mass is 32.2. The minimum Gasteiger partial charge on any atom is -0.347 e. The van der Waals surface area contributed by atoms with Crippen LogP contribution >= 0.6 is 0 Å². The molecule has 0 amide bonds. The molecule has 0 aliphatic heterocycles. The summed E-state index contributed by atoms with van der Waals surface area (Å²) in [5, 5.41) is 20.0. The molecule has 0 heterocycles. The number of hydrogen-bond acceptors (Lipinski definition) is 6. The molecular weight excluding hydrogens is 298 g/mol. The van der Waals surface area contributed by atoms with Gasteiger partial charge in [0.2, 0.25) is 9.84 Å². The predicted octanol–water partition coefficient (Wildman–Crippen LogP) is 3.15. The molecule has 0 saturated heterocycles. The van der Waals surface area contributed by atoms with Crippen LogP contribution in [0, 0.1) is 17.0 Å². The molecule has 1 aromatic carbocycles. The Balaban J connectivity index is 3.60. The van der Waals surface area contributed by atoms with Crippen LogP contribution in [0.25, 0.3) is 0 Å². The van der Waals surface area contributed by atoms with Gasteiger partial charge in [0.25, 0.3) is 5.69 Å². The highest BCUT2D eigenvalue weighted by Crippen LogP contribution is 2.33. The fraction of sp³-hybridized carbons (Fsp3) is 0.385. The van der Waals surface area contributed by atoms with Gasteiger partial charge in [-0.25, -0.2) is 13.7 Å². The number of nitro groups is 1. The number of nitro benzene ring substituents is 1. The van der Waals surface area contributed by atoms with Crippen LogP contribution in [0.1, 0.15) is 37.3 Å². The Labute approximate surface area is 122 Å². The third kappa shape index (κ3) is 3.79. The maximum Gasteiger partial charge on any atom is 0.288 e. The Hall–Kier alpha value is -1.93. The molecule has 0 bridgehead atoms. The lowest BCUT2D eigenvalue weighted by Gasteiger charge is -2.12. The van der Waals surface area contributed by atoms with Crippen LogP contribution in [0.4, 0.5) is 5.69 Å². The van der Waals surface area contributed by atoms with E-state index in [0.29, 0.717) is 17.2 Å². The van der Waals surface area contributed by atoms with Crippen molar-refractivity contribution < 1.29 is 23.5 Å². The molecule has 8 heteroatoms. The van der Waals surface area contributed by atoms with Crippen molar-refractivity contribution in [2.24, 2.45) is 0 Å². The van der Waals surface area contributed by atoms with Crippen molar-refractivity contribution in [1.82, 2.24) is 0 Å². The van der Waals surface area contributed by atoms with Crippen LogP contribution in [0.3, 0.4) is 0 Å². The van der Waals surface area contributed by atoms with Gasteiger partial charge in [-0.2, -0.15) is 0 Å². The molecule has 116 valence electrons. The van der Waals surface area contributed by atoms with Crippen molar-refractivity contribution in [1.29, 1.82) is 0 Å². The predicted molar refractivity (Wildman–Crippen MR) is 76.6 cm³/mol. The SMILES string of the molecule is CCC(C)c1cc(C)c(S(=O)(=O)/C=C/OO)c([N+](=O)[O-])c1. The highest BCUT2D eigenvalue weighted by molar-refractivity contribution is 7.94. The van der Waals surface area contributed by atoms with E-state index in [-0.39, 0.29) is 11.5 Å². The first kappa shape index (κ1) is 17.1. The average Bonchev–Trinajstić information content (AvgIpc) is 2.42. The van der Waals surface area contributed by atoms with Crippen molar-refractivity contribution >= 4 is 15.5 Å². The second kappa shape index (κ2) is 6.68. The van der Waals surface area contributed by atoms with Crippen molar-refractivity contribution in [3.8, 4) is 0 Å². The van der Waals surface area contributed by atoms with Crippen LogP contribution in [0.2, 0.25) is 0 Å². The number of hydrogen-bond donors (Lipinski definition) is 1. The topological polar surface area (TPSA) is 107 Å². The minimum absolute atomic E-state index is 0.0791. The third-order valence-electron chi connectivity index (χ3n) is 3.24. The maximum atomic E-state index is 12.1. The van der Waals surface area contributed by atoms with E-state index in [4.69, 9.17) is 5.26 Å². The van der Waals surface area contributed by atoms with Gasteiger partial charge in [-0.1, -0.05) is 19.9 Å². The molecule has 1 rings (SSSR count). The van der Waals surface area contributed by atoms with Crippen LogP contribution < -0.4 is 0 Å². The highest BCUT2D eigenvalue weighted by Gasteiger charge is 2.28. The van der Waals surface area contributed by atoms with E-state index in [1.54, 1.807) is 6.07 Å². The van der Waals surface area contributed by atoms with Gasteiger partial charge in [0, 0.05) is 6.07 Å². The van der Waals surface area contributed by atoms with Gasteiger partial charge in [-0.15, -0.1) is 0 Å². The molecule has 0 saturated carbocycles. The molecule has 0 radical (unpaired) electrons. The van der Waals surface area contributed by atoms with Crippen molar-refractivity contribution in [3.63, 3.8) is 0 Å². The van der Waals surface area contributed by atoms with Crippen LogP contribution in [-0.2, 0) is 14.7 Å². The monoisotopic (exact) mass is 315 g/mol. The molecule has 1 N–H and O–H groups in total. The molecule has 21 heavy (non-hydrogen) atoms. The maximum absolute atomic E-state index is 12.1. The number of sulfone groups is 1. The van der Waals surface area contributed by atoms with Crippen molar-refractivity contribution in [2.75, 3.05) is 0 Å². The van der Waals surface area contributed by atoms with E-state index in [9.17, 15) is 18.5 Å². The molecular formula is C13H17NO6S. The number of aryl methyl sites for hydroxylation is 1. The minimum atomic E-state index is -4.09. The molecule has 0 aliphatic rings. The summed E-state index contributed by atoms with van der Waals surface area (Å²) in [6.45, 7) is 5.35. The fourth-order valence-electron chi connectivity index (χ4n) is 1.97. The van der Waals surface area contributed by atoms with Gasteiger partial charge < -0.3 is 4.89 Å². The molecule has 7 nitrogen and oxygen atoms in total.